The second kappa shape index (κ2) is 5.86. The number of amides is 2. The predicted octanol–water partition coefficient (Wildman–Crippen LogP) is 2.73. The molecule has 0 aromatic heterocycles. The van der Waals surface area contributed by atoms with Crippen molar-refractivity contribution in [1.29, 1.82) is 0 Å². The molecule has 4 nitrogen and oxygen atoms in total. The Labute approximate surface area is 110 Å². The van der Waals surface area contributed by atoms with E-state index >= 15 is 0 Å². The molecule has 0 saturated heterocycles. The molecule has 0 spiro atoms. The number of carbonyl (C=O) groups excluding carboxylic acids is 1. The average Bonchev–Trinajstić information content (AvgIpc) is 2.40. The van der Waals surface area contributed by atoms with Crippen LogP contribution in [0.1, 0.15) is 5.56 Å². The fourth-order valence-corrected chi connectivity index (χ4v) is 1.58. The third-order valence-electron chi connectivity index (χ3n) is 2.60. The summed E-state index contributed by atoms with van der Waals surface area (Å²) in [6, 6.07) is 12.5. The Morgan fingerprint density at radius 3 is 2.47 bits per heavy atom. The van der Waals surface area contributed by atoms with Crippen LogP contribution in [0.4, 0.5) is 20.6 Å². The van der Waals surface area contributed by atoms with Crippen LogP contribution < -0.4 is 16.4 Å². The summed E-state index contributed by atoms with van der Waals surface area (Å²) >= 11 is 0. The fraction of sp³-hybridized carbons (Fsp3) is 0.0714. The number of benzene rings is 2. The number of nitrogens with one attached hydrogen (secondary N) is 2. The van der Waals surface area contributed by atoms with E-state index < -0.39 is 0 Å². The minimum Gasteiger partial charge on any atom is -0.398 e. The molecule has 0 saturated carbocycles. The molecule has 0 fully saturated rings. The maximum Gasteiger partial charge on any atom is 0.319 e. The van der Waals surface area contributed by atoms with Crippen molar-refractivity contribution in [3.05, 3.63) is 59.9 Å². The second-order valence-electron chi connectivity index (χ2n) is 4.01. The van der Waals surface area contributed by atoms with E-state index in [-0.39, 0.29) is 11.8 Å². The van der Waals surface area contributed by atoms with E-state index in [0.29, 0.717) is 17.9 Å². The second-order valence-corrected chi connectivity index (χ2v) is 4.01. The van der Waals surface area contributed by atoms with Gasteiger partial charge in [-0.3, -0.25) is 0 Å². The summed E-state index contributed by atoms with van der Waals surface area (Å²) < 4.78 is 12.7. The van der Waals surface area contributed by atoms with E-state index in [2.05, 4.69) is 10.6 Å². The van der Waals surface area contributed by atoms with Crippen LogP contribution in [0, 0.1) is 5.82 Å². The Bertz CT molecular complexity index is 569. The lowest BCUT2D eigenvalue weighted by Gasteiger charge is -2.09. The summed E-state index contributed by atoms with van der Waals surface area (Å²) in [6.45, 7) is 0.333. The third-order valence-corrected chi connectivity index (χ3v) is 2.60. The minimum atomic E-state index is -0.366. The Hall–Kier alpha value is -2.56. The summed E-state index contributed by atoms with van der Waals surface area (Å²) in [5.41, 5.74) is 7.76. The standard InChI is InChI=1S/C14H14FN3O/c15-11-5-7-12(8-6-11)18-14(19)17-9-10-3-1-2-4-13(10)16/h1-8H,9,16H2,(H2,17,18,19). The lowest BCUT2D eigenvalue weighted by Crippen LogP contribution is -2.28. The Morgan fingerprint density at radius 2 is 1.79 bits per heavy atom. The SMILES string of the molecule is Nc1ccccc1CNC(=O)Nc1ccc(F)cc1. The van der Waals surface area contributed by atoms with Crippen molar-refractivity contribution in [1.82, 2.24) is 5.32 Å². The first-order chi connectivity index (χ1) is 9.15. The molecule has 98 valence electrons. The monoisotopic (exact) mass is 259 g/mol. The Morgan fingerprint density at radius 1 is 1.11 bits per heavy atom. The van der Waals surface area contributed by atoms with Crippen LogP contribution >= 0.6 is 0 Å². The van der Waals surface area contributed by atoms with Gasteiger partial charge in [0.1, 0.15) is 5.82 Å². The van der Waals surface area contributed by atoms with E-state index in [1.165, 1.54) is 24.3 Å². The molecule has 0 aliphatic carbocycles. The molecule has 0 heterocycles. The van der Waals surface area contributed by atoms with Gasteiger partial charge < -0.3 is 16.4 Å². The van der Waals surface area contributed by atoms with Crippen LogP contribution in [-0.2, 0) is 6.54 Å². The van der Waals surface area contributed by atoms with Crippen molar-refractivity contribution in [2.75, 3.05) is 11.1 Å². The summed E-state index contributed by atoms with van der Waals surface area (Å²) in [6.07, 6.45) is 0. The third kappa shape index (κ3) is 3.70. The molecule has 0 atom stereocenters. The van der Waals surface area contributed by atoms with E-state index in [0.717, 1.165) is 5.56 Å². The Kier molecular flexibility index (Phi) is 3.97. The molecule has 2 aromatic carbocycles. The van der Waals surface area contributed by atoms with Gasteiger partial charge in [0.15, 0.2) is 0 Å². The van der Waals surface area contributed by atoms with Crippen LogP contribution in [0.25, 0.3) is 0 Å². The number of rotatable bonds is 3. The van der Waals surface area contributed by atoms with Gasteiger partial charge in [-0.05, 0) is 35.9 Å². The van der Waals surface area contributed by atoms with Crippen molar-refractivity contribution in [2.45, 2.75) is 6.54 Å². The zero-order valence-corrected chi connectivity index (χ0v) is 10.2. The maximum atomic E-state index is 12.7. The van der Waals surface area contributed by atoms with Gasteiger partial charge in [0.2, 0.25) is 0 Å². The number of nitrogens with two attached hydrogens (primary N) is 1. The number of urea groups is 1. The number of anilines is 2. The van der Waals surface area contributed by atoms with Gasteiger partial charge in [0.05, 0.1) is 0 Å². The van der Waals surface area contributed by atoms with Crippen molar-refractivity contribution in [2.24, 2.45) is 0 Å². The highest BCUT2D eigenvalue weighted by molar-refractivity contribution is 5.89. The molecule has 0 aliphatic rings. The van der Waals surface area contributed by atoms with Gasteiger partial charge in [0.25, 0.3) is 0 Å². The topological polar surface area (TPSA) is 67.1 Å². The molecular formula is C14H14FN3O. The smallest absolute Gasteiger partial charge is 0.319 e. The molecule has 2 aromatic rings. The molecule has 2 rings (SSSR count). The highest BCUT2D eigenvalue weighted by Crippen LogP contribution is 2.10. The molecule has 0 aliphatic heterocycles. The van der Waals surface area contributed by atoms with Crippen molar-refractivity contribution in [3.63, 3.8) is 0 Å². The highest BCUT2D eigenvalue weighted by atomic mass is 19.1. The number of para-hydroxylation sites is 1. The normalized spacial score (nSPS) is 9.95. The van der Waals surface area contributed by atoms with Gasteiger partial charge in [-0.1, -0.05) is 18.2 Å². The number of hydrogen-bond donors (Lipinski definition) is 3. The molecule has 5 heteroatoms. The maximum absolute atomic E-state index is 12.7. The van der Waals surface area contributed by atoms with Crippen molar-refractivity contribution >= 4 is 17.4 Å². The van der Waals surface area contributed by atoms with Gasteiger partial charge in [-0.2, -0.15) is 0 Å². The fourth-order valence-electron chi connectivity index (χ4n) is 1.58. The first-order valence-corrected chi connectivity index (χ1v) is 5.79. The van der Waals surface area contributed by atoms with E-state index in [1.807, 2.05) is 18.2 Å². The predicted molar refractivity (Wildman–Crippen MR) is 73.1 cm³/mol. The number of nitrogen functional groups attached to an aromatic ring is 1. The van der Waals surface area contributed by atoms with Crippen LogP contribution in [0.3, 0.4) is 0 Å². The Balaban J connectivity index is 1.88. The first kappa shape index (κ1) is 12.9. The summed E-state index contributed by atoms with van der Waals surface area (Å²) in [5, 5.41) is 5.28. The quantitative estimate of drug-likeness (QED) is 0.742. The molecular weight excluding hydrogens is 245 g/mol. The lowest BCUT2D eigenvalue weighted by atomic mass is 10.2. The molecule has 0 unspecified atom stereocenters. The van der Waals surface area contributed by atoms with Crippen LogP contribution in [-0.4, -0.2) is 6.03 Å². The largest absolute Gasteiger partial charge is 0.398 e. The number of halogens is 1. The van der Waals surface area contributed by atoms with Crippen molar-refractivity contribution < 1.29 is 9.18 Å². The number of hydrogen-bond acceptors (Lipinski definition) is 2. The summed E-state index contributed by atoms with van der Waals surface area (Å²) in [4.78, 5) is 11.6. The van der Waals surface area contributed by atoms with E-state index in [9.17, 15) is 9.18 Å². The van der Waals surface area contributed by atoms with Gasteiger partial charge in [0, 0.05) is 17.9 Å². The summed E-state index contributed by atoms with van der Waals surface area (Å²) in [7, 11) is 0. The first-order valence-electron chi connectivity index (χ1n) is 5.79. The van der Waals surface area contributed by atoms with Gasteiger partial charge in [-0.25, -0.2) is 9.18 Å². The molecule has 2 amide bonds. The summed E-state index contributed by atoms with van der Waals surface area (Å²) in [5.74, 6) is -0.344. The number of carbonyl (C=O) groups is 1. The van der Waals surface area contributed by atoms with Crippen LogP contribution in [0.5, 0.6) is 0 Å². The van der Waals surface area contributed by atoms with Crippen LogP contribution in [0.2, 0.25) is 0 Å². The zero-order chi connectivity index (χ0) is 13.7. The molecule has 19 heavy (non-hydrogen) atoms. The molecule has 0 bridgehead atoms. The van der Waals surface area contributed by atoms with Crippen LogP contribution in [0.15, 0.2) is 48.5 Å². The van der Waals surface area contributed by atoms with Crippen molar-refractivity contribution in [3.8, 4) is 0 Å². The minimum absolute atomic E-state index is 0.333. The van der Waals surface area contributed by atoms with E-state index in [1.54, 1.807) is 6.07 Å². The van der Waals surface area contributed by atoms with Gasteiger partial charge in [-0.15, -0.1) is 0 Å². The average molecular weight is 259 g/mol. The molecule has 4 N–H and O–H groups in total. The lowest BCUT2D eigenvalue weighted by molar-refractivity contribution is 0.252. The van der Waals surface area contributed by atoms with Gasteiger partial charge >= 0.3 is 6.03 Å². The molecule has 0 radical (unpaired) electrons. The van der Waals surface area contributed by atoms with E-state index in [4.69, 9.17) is 5.73 Å². The zero-order valence-electron chi connectivity index (χ0n) is 10.2. The highest BCUT2D eigenvalue weighted by Gasteiger charge is 2.03.